The van der Waals surface area contributed by atoms with Gasteiger partial charge in [-0.2, -0.15) is 10.4 Å². The van der Waals surface area contributed by atoms with Gasteiger partial charge in [0, 0.05) is 27.9 Å². The lowest BCUT2D eigenvalue weighted by Gasteiger charge is -2.26. The predicted octanol–water partition coefficient (Wildman–Crippen LogP) is 7.16. The molecule has 0 atom stereocenters. The molecule has 0 radical (unpaired) electrons. The Hall–Kier alpha value is -5.65. The topological polar surface area (TPSA) is 101 Å². The highest BCUT2D eigenvalue weighted by atomic mass is 35.5. The number of rotatable bonds is 8. The Morgan fingerprint density at radius 2 is 1.77 bits per heavy atom. The molecule has 0 saturated heterocycles. The molecule has 1 aliphatic heterocycles. The zero-order valence-corrected chi connectivity index (χ0v) is 24.4. The molecule has 0 saturated carbocycles. The number of hydrogen-bond acceptors (Lipinski definition) is 6. The van der Waals surface area contributed by atoms with E-state index in [4.69, 9.17) is 25.9 Å². The lowest BCUT2D eigenvalue weighted by molar-refractivity contribution is -0.141. The summed E-state index contributed by atoms with van der Waals surface area (Å²) in [5, 5.41) is 15.4. The third kappa shape index (κ3) is 5.82. The average Bonchev–Trinajstić information content (AvgIpc) is 3.72. The van der Waals surface area contributed by atoms with Crippen molar-refractivity contribution in [3.63, 3.8) is 0 Å². The van der Waals surface area contributed by atoms with E-state index in [1.54, 1.807) is 29.8 Å². The molecule has 0 fully saturated rings. The zero-order valence-electron chi connectivity index (χ0n) is 23.6. The summed E-state index contributed by atoms with van der Waals surface area (Å²) in [6.07, 6.45) is 4.97. The molecule has 0 unspecified atom stereocenters. The highest BCUT2D eigenvalue weighted by Gasteiger charge is 2.36. The van der Waals surface area contributed by atoms with Gasteiger partial charge in [-0.05, 0) is 72.7 Å². The predicted molar refractivity (Wildman–Crippen MR) is 165 cm³/mol. The van der Waals surface area contributed by atoms with Gasteiger partial charge in [0.05, 0.1) is 18.5 Å². The van der Waals surface area contributed by atoms with Crippen molar-refractivity contribution in [1.29, 1.82) is 5.26 Å². The van der Waals surface area contributed by atoms with E-state index in [9.17, 15) is 14.9 Å². The van der Waals surface area contributed by atoms with E-state index in [1.807, 2.05) is 91.1 Å². The van der Waals surface area contributed by atoms with E-state index >= 15 is 0 Å². The van der Waals surface area contributed by atoms with Gasteiger partial charge in [-0.15, -0.1) is 0 Å². The van der Waals surface area contributed by atoms with Crippen LogP contribution in [0, 0.1) is 11.3 Å². The number of amides is 2. The van der Waals surface area contributed by atoms with Gasteiger partial charge < -0.3 is 9.15 Å². The first-order valence-corrected chi connectivity index (χ1v) is 14.1. The fourth-order valence-corrected chi connectivity index (χ4v) is 5.02. The molecule has 9 heteroatoms. The molecule has 0 aliphatic carbocycles. The Labute approximate surface area is 258 Å². The lowest BCUT2D eigenvalue weighted by Crippen LogP contribution is -2.42. The Bertz CT molecular complexity index is 1950. The summed E-state index contributed by atoms with van der Waals surface area (Å²) in [6.45, 7) is 1.87. The highest BCUT2D eigenvalue weighted by Crippen LogP contribution is 2.33. The molecule has 216 valence electrons. The first-order chi connectivity index (χ1) is 21.4. The molecule has 6 rings (SSSR count). The Balaban J connectivity index is 1.41. The molecule has 44 heavy (non-hydrogen) atoms. The smallest absolute Gasteiger partial charge is 0.272 e. The maximum absolute atomic E-state index is 13.8. The van der Waals surface area contributed by atoms with Crippen molar-refractivity contribution in [2.75, 3.05) is 0 Å². The van der Waals surface area contributed by atoms with E-state index in [1.165, 1.54) is 6.26 Å². The van der Waals surface area contributed by atoms with E-state index < -0.39 is 11.8 Å². The van der Waals surface area contributed by atoms with Gasteiger partial charge in [-0.25, -0.2) is 4.68 Å². The van der Waals surface area contributed by atoms with Gasteiger partial charge in [0.15, 0.2) is 0 Å². The van der Waals surface area contributed by atoms with Crippen molar-refractivity contribution in [3.05, 3.63) is 142 Å². The minimum Gasteiger partial charge on any atom is -0.489 e. The standard InChI is InChI=1S/C35H25ClN4O4/c1-23-31(34(41)39(35(42)32(23)19-37)21-30-11-6-16-43-30)18-26-20-40(28-8-3-2-4-9-28)38-33(26)25-7-5-10-29(17-25)44-22-24-12-14-27(36)15-13-24/h2-18,20H,21-22H2,1H3/b31-18+. The molecular formula is C35H25ClN4O4. The molecule has 0 spiro atoms. The first kappa shape index (κ1) is 28.5. The van der Waals surface area contributed by atoms with Crippen molar-refractivity contribution in [2.24, 2.45) is 0 Å². The summed E-state index contributed by atoms with van der Waals surface area (Å²) in [4.78, 5) is 27.9. The largest absolute Gasteiger partial charge is 0.489 e. The number of benzene rings is 3. The third-order valence-corrected chi connectivity index (χ3v) is 7.46. The highest BCUT2D eigenvalue weighted by molar-refractivity contribution is 6.30. The van der Waals surface area contributed by atoms with Gasteiger partial charge in [0.25, 0.3) is 11.8 Å². The molecule has 3 heterocycles. The van der Waals surface area contributed by atoms with Crippen molar-refractivity contribution < 1.29 is 18.7 Å². The van der Waals surface area contributed by atoms with Crippen LogP contribution in [0.25, 0.3) is 23.0 Å². The van der Waals surface area contributed by atoms with Crippen molar-refractivity contribution in [3.8, 4) is 28.8 Å². The molecule has 0 bridgehead atoms. The van der Waals surface area contributed by atoms with Crippen molar-refractivity contribution in [2.45, 2.75) is 20.1 Å². The second-order valence-corrected chi connectivity index (χ2v) is 10.5. The van der Waals surface area contributed by atoms with Crippen LogP contribution in [-0.2, 0) is 22.7 Å². The normalized spacial score (nSPS) is 14.3. The van der Waals surface area contributed by atoms with Crippen molar-refractivity contribution >= 4 is 29.5 Å². The second-order valence-electron chi connectivity index (χ2n) is 10.1. The van der Waals surface area contributed by atoms with Crippen LogP contribution in [-0.4, -0.2) is 26.5 Å². The number of para-hydroxylation sites is 1. The minimum atomic E-state index is -0.658. The van der Waals surface area contributed by atoms with Crippen LogP contribution >= 0.6 is 11.6 Å². The Morgan fingerprint density at radius 3 is 2.50 bits per heavy atom. The molecule has 3 aromatic carbocycles. The molecule has 2 amide bonds. The number of carbonyl (C=O) groups is 2. The van der Waals surface area contributed by atoms with Gasteiger partial charge in [0.1, 0.15) is 35.5 Å². The summed E-state index contributed by atoms with van der Waals surface area (Å²) in [7, 11) is 0. The second kappa shape index (κ2) is 12.3. The molecular weight excluding hydrogens is 576 g/mol. The van der Waals surface area contributed by atoms with Crippen LogP contribution in [0.15, 0.2) is 125 Å². The maximum atomic E-state index is 13.8. The van der Waals surface area contributed by atoms with Crippen LogP contribution < -0.4 is 4.74 Å². The summed E-state index contributed by atoms with van der Waals surface area (Å²) in [6, 6.07) is 29.9. The quantitative estimate of drug-likeness (QED) is 0.138. The number of carbonyl (C=O) groups excluding carboxylic acids is 2. The number of nitrogens with zero attached hydrogens (tertiary/aromatic N) is 4. The molecule has 8 nitrogen and oxygen atoms in total. The summed E-state index contributed by atoms with van der Waals surface area (Å²) in [5.41, 5.74) is 4.18. The molecule has 2 aromatic heterocycles. The van der Waals surface area contributed by atoms with Crippen LogP contribution in [0.1, 0.15) is 23.8 Å². The SMILES string of the molecule is CC1=C(C#N)C(=O)N(Cc2ccco2)C(=O)/C1=C/c1cn(-c2ccccc2)nc1-c1cccc(OCc2ccc(Cl)cc2)c1. The van der Waals surface area contributed by atoms with Gasteiger partial charge in [0.2, 0.25) is 0 Å². The molecule has 1 aliphatic rings. The van der Waals surface area contributed by atoms with Gasteiger partial charge in [-0.3, -0.25) is 14.5 Å². The van der Waals surface area contributed by atoms with Crippen LogP contribution in [0.4, 0.5) is 0 Å². The molecule has 5 aromatic rings. The third-order valence-electron chi connectivity index (χ3n) is 7.21. The van der Waals surface area contributed by atoms with E-state index in [0.29, 0.717) is 40.0 Å². The molecule has 0 N–H and O–H groups in total. The maximum Gasteiger partial charge on any atom is 0.272 e. The fourth-order valence-electron chi connectivity index (χ4n) is 4.90. The first-order valence-electron chi connectivity index (χ1n) is 13.8. The summed E-state index contributed by atoms with van der Waals surface area (Å²) < 4.78 is 13.2. The van der Waals surface area contributed by atoms with Crippen LogP contribution in [0.3, 0.4) is 0 Å². The van der Waals surface area contributed by atoms with Gasteiger partial charge >= 0.3 is 0 Å². The van der Waals surface area contributed by atoms with E-state index in [2.05, 4.69) is 0 Å². The Morgan fingerprint density at radius 1 is 0.977 bits per heavy atom. The number of aromatic nitrogens is 2. The van der Waals surface area contributed by atoms with Gasteiger partial charge in [-0.1, -0.05) is 54.1 Å². The van der Waals surface area contributed by atoms with Crippen LogP contribution in [0.5, 0.6) is 5.75 Å². The zero-order chi connectivity index (χ0) is 30.6. The average molecular weight is 601 g/mol. The van der Waals surface area contributed by atoms with E-state index in [-0.39, 0.29) is 17.7 Å². The lowest BCUT2D eigenvalue weighted by atomic mass is 9.93. The number of furan rings is 1. The van der Waals surface area contributed by atoms with Crippen molar-refractivity contribution in [1.82, 2.24) is 14.7 Å². The number of imide groups is 1. The number of halogens is 1. The number of nitriles is 1. The summed E-state index contributed by atoms with van der Waals surface area (Å²) >= 11 is 6.01. The Kier molecular flexibility index (Phi) is 7.96. The summed E-state index contributed by atoms with van der Waals surface area (Å²) in [5.74, 6) is -0.122. The fraction of sp³-hybridized carbons (Fsp3) is 0.0857. The monoisotopic (exact) mass is 600 g/mol. The van der Waals surface area contributed by atoms with Crippen LogP contribution in [0.2, 0.25) is 5.02 Å². The minimum absolute atomic E-state index is 0.0936. The number of ether oxygens (including phenoxy) is 1. The van der Waals surface area contributed by atoms with E-state index in [0.717, 1.165) is 21.7 Å². The number of hydrogen-bond donors (Lipinski definition) is 0.